The zero-order valence-electron chi connectivity index (χ0n) is 13.2. The van der Waals surface area contributed by atoms with E-state index in [1.165, 1.54) is 6.26 Å². The Hall–Kier alpha value is -3.26. The fraction of sp³-hybridized carbons (Fsp3) is 0.158. The Bertz CT molecular complexity index is 927. The number of amides is 1. The number of rotatable bonds is 5. The van der Waals surface area contributed by atoms with Crippen LogP contribution < -0.4 is 5.32 Å². The number of fused-ring (bicyclic) bond motifs is 1. The van der Waals surface area contributed by atoms with Crippen LogP contribution in [0.4, 0.5) is 0 Å². The molecule has 0 aliphatic carbocycles. The van der Waals surface area contributed by atoms with Crippen molar-refractivity contribution in [3.63, 3.8) is 0 Å². The molecule has 24 heavy (non-hydrogen) atoms. The van der Waals surface area contributed by atoms with Gasteiger partial charge in [-0.1, -0.05) is 25.1 Å². The van der Waals surface area contributed by atoms with E-state index in [4.69, 9.17) is 8.83 Å². The van der Waals surface area contributed by atoms with Gasteiger partial charge in [-0.3, -0.25) is 4.79 Å². The number of para-hydroxylation sites is 1. The Morgan fingerprint density at radius 1 is 1.29 bits per heavy atom. The summed E-state index contributed by atoms with van der Waals surface area (Å²) >= 11 is 0. The standard InChI is InChI=1S/C19H16N2O3/c1-2-17-16(15-7-3-4-8-18(15)24-17)10-13(11-20)19(22)21-12-14-6-5-9-23-14/h3-10H,2,12H2,1H3,(H,21,22)/b13-10+. The van der Waals surface area contributed by atoms with Crippen LogP contribution in [0.1, 0.15) is 24.0 Å². The number of hydrogen-bond acceptors (Lipinski definition) is 4. The second-order valence-corrected chi connectivity index (χ2v) is 5.22. The summed E-state index contributed by atoms with van der Waals surface area (Å²) in [5, 5.41) is 12.9. The van der Waals surface area contributed by atoms with Gasteiger partial charge in [0.2, 0.25) is 0 Å². The number of aryl methyl sites for hydroxylation is 1. The molecule has 0 aliphatic heterocycles. The van der Waals surface area contributed by atoms with Gasteiger partial charge in [0.1, 0.15) is 28.7 Å². The predicted molar refractivity (Wildman–Crippen MR) is 89.7 cm³/mol. The van der Waals surface area contributed by atoms with Crippen molar-refractivity contribution in [1.29, 1.82) is 5.26 Å². The largest absolute Gasteiger partial charge is 0.467 e. The molecule has 0 atom stereocenters. The molecule has 120 valence electrons. The van der Waals surface area contributed by atoms with Crippen LogP contribution in [0.3, 0.4) is 0 Å². The molecule has 0 aliphatic rings. The molecule has 3 rings (SSSR count). The van der Waals surface area contributed by atoms with E-state index in [1.807, 2.05) is 37.3 Å². The topological polar surface area (TPSA) is 79.2 Å². The summed E-state index contributed by atoms with van der Waals surface area (Å²) in [6.45, 7) is 2.20. The minimum absolute atomic E-state index is 0.0304. The molecule has 0 saturated heterocycles. The van der Waals surface area contributed by atoms with Gasteiger partial charge in [0, 0.05) is 17.4 Å². The summed E-state index contributed by atoms with van der Waals surface area (Å²) < 4.78 is 11.0. The quantitative estimate of drug-likeness (QED) is 0.572. The lowest BCUT2D eigenvalue weighted by atomic mass is 10.1. The van der Waals surface area contributed by atoms with E-state index < -0.39 is 5.91 Å². The molecule has 5 heteroatoms. The van der Waals surface area contributed by atoms with Crippen LogP contribution in [0.5, 0.6) is 0 Å². The summed E-state index contributed by atoms with van der Waals surface area (Å²) in [5.41, 5.74) is 1.55. The maximum Gasteiger partial charge on any atom is 0.262 e. The zero-order valence-corrected chi connectivity index (χ0v) is 13.2. The van der Waals surface area contributed by atoms with Crippen molar-refractivity contribution in [3.05, 3.63) is 65.3 Å². The van der Waals surface area contributed by atoms with Crippen molar-refractivity contribution >= 4 is 23.0 Å². The number of nitriles is 1. The van der Waals surface area contributed by atoms with Crippen LogP contribution >= 0.6 is 0 Å². The van der Waals surface area contributed by atoms with E-state index >= 15 is 0 Å². The van der Waals surface area contributed by atoms with E-state index in [0.29, 0.717) is 12.2 Å². The Balaban J connectivity index is 1.90. The zero-order chi connectivity index (χ0) is 16.9. The van der Waals surface area contributed by atoms with Gasteiger partial charge in [-0.2, -0.15) is 5.26 Å². The Labute approximate surface area is 139 Å². The lowest BCUT2D eigenvalue weighted by Crippen LogP contribution is -2.23. The third-order valence-corrected chi connectivity index (χ3v) is 3.69. The molecule has 0 spiro atoms. The van der Waals surface area contributed by atoms with E-state index in [-0.39, 0.29) is 12.1 Å². The van der Waals surface area contributed by atoms with Gasteiger partial charge in [0.15, 0.2) is 0 Å². The molecular weight excluding hydrogens is 304 g/mol. The highest BCUT2D eigenvalue weighted by Gasteiger charge is 2.15. The smallest absolute Gasteiger partial charge is 0.262 e. The summed E-state index contributed by atoms with van der Waals surface area (Å²) in [5.74, 6) is 0.938. The second-order valence-electron chi connectivity index (χ2n) is 5.22. The molecule has 0 fully saturated rings. The first-order valence-electron chi connectivity index (χ1n) is 7.65. The number of furan rings is 2. The highest BCUT2D eigenvalue weighted by molar-refractivity contribution is 6.04. The number of nitrogens with zero attached hydrogens (tertiary/aromatic N) is 1. The van der Waals surface area contributed by atoms with E-state index in [1.54, 1.807) is 18.2 Å². The first-order valence-corrected chi connectivity index (χ1v) is 7.65. The van der Waals surface area contributed by atoms with Crippen molar-refractivity contribution < 1.29 is 13.6 Å². The first kappa shape index (κ1) is 15.6. The third kappa shape index (κ3) is 3.08. The van der Waals surface area contributed by atoms with Crippen LogP contribution in [0.25, 0.3) is 17.0 Å². The van der Waals surface area contributed by atoms with Crippen molar-refractivity contribution in [2.45, 2.75) is 19.9 Å². The monoisotopic (exact) mass is 320 g/mol. The minimum atomic E-state index is -0.443. The molecule has 5 nitrogen and oxygen atoms in total. The average molecular weight is 320 g/mol. The van der Waals surface area contributed by atoms with Gasteiger partial charge in [-0.05, 0) is 24.3 Å². The molecule has 0 radical (unpaired) electrons. The molecular formula is C19H16N2O3. The van der Waals surface area contributed by atoms with Crippen molar-refractivity contribution in [2.24, 2.45) is 0 Å². The van der Waals surface area contributed by atoms with Crippen LogP contribution in [0.2, 0.25) is 0 Å². The highest BCUT2D eigenvalue weighted by Crippen LogP contribution is 2.28. The van der Waals surface area contributed by atoms with Gasteiger partial charge in [0.25, 0.3) is 5.91 Å². The summed E-state index contributed by atoms with van der Waals surface area (Å²) in [7, 11) is 0. The van der Waals surface area contributed by atoms with Gasteiger partial charge in [-0.15, -0.1) is 0 Å². The minimum Gasteiger partial charge on any atom is -0.467 e. The van der Waals surface area contributed by atoms with E-state index in [9.17, 15) is 10.1 Å². The van der Waals surface area contributed by atoms with Crippen molar-refractivity contribution in [3.8, 4) is 6.07 Å². The van der Waals surface area contributed by atoms with Crippen LogP contribution in [0, 0.1) is 11.3 Å². The Morgan fingerprint density at radius 3 is 2.83 bits per heavy atom. The van der Waals surface area contributed by atoms with Crippen LogP contribution in [0.15, 0.2) is 57.1 Å². The predicted octanol–water partition coefficient (Wildman–Crippen LogP) is 3.81. The molecule has 0 unspecified atom stereocenters. The highest BCUT2D eigenvalue weighted by atomic mass is 16.3. The third-order valence-electron chi connectivity index (χ3n) is 3.69. The number of carbonyl (C=O) groups is 1. The molecule has 2 aromatic heterocycles. The first-order chi connectivity index (χ1) is 11.7. The summed E-state index contributed by atoms with van der Waals surface area (Å²) in [6, 6.07) is 13.0. The fourth-order valence-electron chi connectivity index (χ4n) is 2.51. The molecule has 1 N–H and O–H groups in total. The van der Waals surface area contributed by atoms with Gasteiger partial charge in [-0.25, -0.2) is 0 Å². The Kier molecular flexibility index (Phi) is 4.48. The van der Waals surface area contributed by atoms with E-state index in [0.717, 1.165) is 22.3 Å². The molecule has 1 amide bonds. The molecule has 0 bridgehead atoms. The number of benzene rings is 1. The average Bonchev–Trinajstić information content (AvgIpc) is 3.25. The van der Waals surface area contributed by atoms with Crippen LogP contribution in [-0.4, -0.2) is 5.91 Å². The van der Waals surface area contributed by atoms with Gasteiger partial charge < -0.3 is 14.2 Å². The maximum atomic E-state index is 12.3. The normalized spacial score (nSPS) is 11.4. The Morgan fingerprint density at radius 2 is 2.12 bits per heavy atom. The van der Waals surface area contributed by atoms with Gasteiger partial charge >= 0.3 is 0 Å². The second kappa shape index (κ2) is 6.88. The lowest BCUT2D eigenvalue weighted by molar-refractivity contribution is -0.117. The molecule has 2 heterocycles. The van der Waals surface area contributed by atoms with Crippen molar-refractivity contribution in [1.82, 2.24) is 5.32 Å². The number of carbonyl (C=O) groups excluding carboxylic acids is 1. The van der Waals surface area contributed by atoms with Crippen molar-refractivity contribution in [2.75, 3.05) is 0 Å². The van der Waals surface area contributed by atoms with Gasteiger partial charge in [0.05, 0.1) is 12.8 Å². The summed E-state index contributed by atoms with van der Waals surface area (Å²) in [4.78, 5) is 12.3. The lowest BCUT2D eigenvalue weighted by Gasteiger charge is -2.02. The number of hydrogen-bond donors (Lipinski definition) is 1. The summed E-state index contributed by atoms with van der Waals surface area (Å²) in [6.07, 6.45) is 3.79. The fourth-order valence-corrected chi connectivity index (χ4v) is 2.51. The maximum absolute atomic E-state index is 12.3. The molecule has 3 aromatic rings. The number of nitrogens with one attached hydrogen (secondary N) is 1. The van der Waals surface area contributed by atoms with E-state index in [2.05, 4.69) is 5.32 Å². The molecule has 0 saturated carbocycles. The SMILES string of the molecule is CCc1oc2ccccc2c1/C=C(\C#N)C(=O)NCc1ccco1. The molecule has 1 aromatic carbocycles. The van der Waals surface area contributed by atoms with Crippen LogP contribution in [-0.2, 0) is 17.8 Å².